The Hall–Kier alpha value is -2.50. The lowest BCUT2D eigenvalue weighted by Crippen LogP contribution is -3.17. The summed E-state index contributed by atoms with van der Waals surface area (Å²) >= 11 is 5.81. The molecule has 2 atom stereocenters. The number of amides is 2. The number of hydrogen-bond donors (Lipinski definition) is 1. The quantitative estimate of drug-likeness (QED) is 0.825. The van der Waals surface area contributed by atoms with Gasteiger partial charge in [0, 0.05) is 6.42 Å². The lowest BCUT2D eigenvalue weighted by molar-refractivity contribution is -0.909. The molecule has 1 unspecified atom stereocenters. The van der Waals surface area contributed by atoms with Crippen LogP contribution in [-0.2, 0) is 9.59 Å². The fourth-order valence-electron chi connectivity index (χ4n) is 3.83. The molecular weight excluding hydrogens is 367 g/mol. The Morgan fingerprint density at radius 2 is 1.89 bits per heavy atom. The van der Waals surface area contributed by atoms with Gasteiger partial charge in [-0.25, -0.2) is 9.29 Å². The largest absolute Gasteiger partial charge is 0.321 e. The van der Waals surface area contributed by atoms with Gasteiger partial charge in [-0.15, -0.1) is 0 Å². The molecule has 2 aromatic carbocycles. The van der Waals surface area contributed by atoms with Crippen molar-refractivity contribution in [2.75, 3.05) is 18.0 Å². The van der Waals surface area contributed by atoms with E-state index in [2.05, 4.69) is 18.2 Å². The first-order valence-electron chi connectivity index (χ1n) is 8.95. The molecule has 2 aromatic rings. The molecule has 2 aliphatic rings. The Morgan fingerprint density at radius 3 is 2.56 bits per heavy atom. The SMILES string of the molecule is O=C1C[C@H]([NH+]2CC=C(c3ccccc3)CC2)C(=O)N1c1ccc(F)c(Cl)c1. The van der Waals surface area contributed by atoms with Crippen LogP contribution < -0.4 is 9.80 Å². The van der Waals surface area contributed by atoms with E-state index in [1.807, 2.05) is 18.2 Å². The Labute approximate surface area is 161 Å². The highest BCUT2D eigenvalue weighted by Gasteiger charge is 2.46. The number of hydrogen-bond acceptors (Lipinski definition) is 2. The van der Waals surface area contributed by atoms with Crippen LogP contribution in [0.4, 0.5) is 10.1 Å². The summed E-state index contributed by atoms with van der Waals surface area (Å²) in [5.74, 6) is -1.08. The second-order valence-electron chi connectivity index (χ2n) is 6.88. The summed E-state index contributed by atoms with van der Waals surface area (Å²) in [5.41, 5.74) is 2.81. The normalized spacial score (nSPS) is 22.9. The maximum Gasteiger partial charge on any atom is 0.292 e. The van der Waals surface area contributed by atoms with Gasteiger partial charge in [0.25, 0.3) is 5.91 Å². The first-order chi connectivity index (χ1) is 13.0. The van der Waals surface area contributed by atoms with E-state index in [9.17, 15) is 14.0 Å². The van der Waals surface area contributed by atoms with Crippen molar-refractivity contribution in [1.82, 2.24) is 0 Å². The standard InChI is InChI=1S/C21H18ClFN2O2/c22-17-12-16(6-7-18(17)23)25-20(26)13-19(21(25)27)24-10-8-15(9-11-24)14-4-2-1-3-5-14/h1-8,12,19H,9-11,13H2/p+1/t19-/m0/s1. The Balaban J connectivity index is 1.51. The van der Waals surface area contributed by atoms with Crippen LogP contribution in [0.3, 0.4) is 0 Å². The van der Waals surface area contributed by atoms with Gasteiger partial charge >= 0.3 is 0 Å². The number of rotatable bonds is 3. The number of carbonyl (C=O) groups is 2. The first-order valence-corrected chi connectivity index (χ1v) is 9.33. The van der Waals surface area contributed by atoms with Gasteiger partial charge in [-0.3, -0.25) is 9.59 Å². The molecule has 2 amide bonds. The van der Waals surface area contributed by atoms with Crippen molar-refractivity contribution in [3.63, 3.8) is 0 Å². The van der Waals surface area contributed by atoms with Crippen molar-refractivity contribution < 1.29 is 18.9 Å². The van der Waals surface area contributed by atoms with Gasteiger partial charge in [-0.05, 0) is 35.4 Å². The topological polar surface area (TPSA) is 41.8 Å². The summed E-state index contributed by atoms with van der Waals surface area (Å²) in [5, 5.41) is -0.0997. The fraction of sp³-hybridized carbons (Fsp3) is 0.238. The molecule has 4 rings (SSSR count). The van der Waals surface area contributed by atoms with Crippen LogP contribution in [0.5, 0.6) is 0 Å². The van der Waals surface area contributed by atoms with E-state index in [0.717, 1.165) is 22.8 Å². The third-order valence-electron chi connectivity index (χ3n) is 5.27. The number of nitrogens with one attached hydrogen (secondary N) is 1. The molecule has 0 spiro atoms. The number of benzene rings is 2. The predicted molar refractivity (Wildman–Crippen MR) is 102 cm³/mol. The summed E-state index contributed by atoms with van der Waals surface area (Å²) in [7, 11) is 0. The molecule has 2 aliphatic heterocycles. The number of anilines is 1. The van der Waals surface area contributed by atoms with Gasteiger partial charge < -0.3 is 4.90 Å². The molecule has 0 aromatic heterocycles. The van der Waals surface area contributed by atoms with Gasteiger partial charge in [-0.1, -0.05) is 41.9 Å². The highest BCUT2D eigenvalue weighted by atomic mass is 35.5. The molecule has 2 heterocycles. The van der Waals surface area contributed by atoms with Crippen molar-refractivity contribution in [2.45, 2.75) is 18.9 Å². The van der Waals surface area contributed by atoms with Crippen LogP contribution in [0.2, 0.25) is 5.02 Å². The lowest BCUT2D eigenvalue weighted by atomic mass is 9.98. The number of quaternary nitrogens is 1. The summed E-state index contributed by atoms with van der Waals surface area (Å²) in [6.07, 6.45) is 3.18. The van der Waals surface area contributed by atoms with Crippen LogP contribution in [0.25, 0.3) is 5.57 Å². The summed E-state index contributed by atoms with van der Waals surface area (Å²) in [6.45, 7) is 1.49. The zero-order valence-corrected chi connectivity index (χ0v) is 15.4. The van der Waals surface area contributed by atoms with E-state index in [-0.39, 0.29) is 23.3 Å². The molecule has 0 radical (unpaired) electrons. The highest BCUT2D eigenvalue weighted by Crippen LogP contribution is 2.27. The molecule has 6 heteroatoms. The van der Waals surface area contributed by atoms with Gasteiger partial charge in [0.05, 0.1) is 30.2 Å². The van der Waals surface area contributed by atoms with Crippen molar-refractivity contribution >= 4 is 34.7 Å². The van der Waals surface area contributed by atoms with Gasteiger partial charge in [-0.2, -0.15) is 0 Å². The van der Waals surface area contributed by atoms with E-state index >= 15 is 0 Å². The fourth-order valence-corrected chi connectivity index (χ4v) is 4.01. The van der Waals surface area contributed by atoms with E-state index < -0.39 is 11.9 Å². The number of imide groups is 1. The second-order valence-corrected chi connectivity index (χ2v) is 7.29. The van der Waals surface area contributed by atoms with E-state index in [1.165, 1.54) is 29.3 Å². The second kappa shape index (κ2) is 7.25. The summed E-state index contributed by atoms with van der Waals surface area (Å²) in [6, 6.07) is 13.7. The summed E-state index contributed by atoms with van der Waals surface area (Å²) < 4.78 is 13.4. The molecule has 138 valence electrons. The predicted octanol–water partition coefficient (Wildman–Crippen LogP) is 2.48. The third-order valence-corrected chi connectivity index (χ3v) is 5.56. The average Bonchev–Trinajstić information content (AvgIpc) is 2.99. The van der Waals surface area contributed by atoms with Crippen LogP contribution in [-0.4, -0.2) is 30.9 Å². The maximum absolute atomic E-state index is 13.4. The van der Waals surface area contributed by atoms with Crippen molar-refractivity contribution in [3.05, 3.63) is 71.0 Å². The Kier molecular flexibility index (Phi) is 4.81. The summed E-state index contributed by atoms with van der Waals surface area (Å²) in [4.78, 5) is 27.6. The molecule has 1 saturated heterocycles. The van der Waals surface area contributed by atoms with Crippen LogP contribution in [0.15, 0.2) is 54.6 Å². The van der Waals surface area contributed by atoms with Crippen LogP contribution >= 0.6 is 11.6 Å². The molecule has 0 bridgehead atoms. The monoisotopic (exact) mass is 385 g/mol. The zero-order chi connectivity index (χ0) is 19.0. The van der Waals surface area contributed by atoms with Gasteiger partial charge in [0.1, 0.15) is 5.82 Å². The van der Waals surface area contributed by atoms with Crippen LogP contribution in [0, 0.1) is 5.82 Å². The molecule has 27 heavy (non-hydrogen) atoms. The minimum atomic E-state index is -0.573. The zero-order valence-electron chi connectivity index (χ0n) is 14.6. The Morgan fingerprint density at radius 1 is 1.11 bits per heavy atom. The minimum Gasteiger partial charge on any atom is -0.321 e. The lowest BCUT2D eigenvalue weighted by Gasteiger charge is -2.27. The number of carbonyl (C=O) groups excluding carboxylic acids is 2. The highest BCUT2D eigenvalue weighted by molar-refractivity contribution is 6.31. The van der Waals surface area contributed by atoms with E-state index in [1.54, 1.807) is 0 Å². The van der Waals surface area contributed by atoms with Gasteiger partial charge in [0.15, 0.2) is 6.04 Å². The molecule has 0 saturated carbocycles. The van der Waals surface area contributed by atoms with Crippen molar-refractivity contribution in [3.8, 4) is 0 Å². The average molecular weight is 386 g/mol. The smallest absolute Gasteiger partial charge is 0.292 e. The van der Waals surface area contributed by atoms with Gasteiger partial charge in [0.2, 0.25) is 5.91 Å². The maximum atomic E-state index is 13.4. The molecule has 1 N–H and O–H groups in total. The van der Waals surface area contributed by atoms with E-state index in [0.29, 0.717) is 12.2 Å². The Bertz CT molecular complexity index is 929. The molecule has 1 fully saturated rings. The van der Waals surface area contributed by atoms with Crippen molar-refractivity contribution in [1.29, 1.82) is 0 Å². The van der Waals surface area contributed by atoms with E-state index in [4.69, 9.17) is 11.6 Å². The first kappa shape index (κ1) is 17.9. The van der Waals surface area contributed by atoms with Crippen LogP contribution in [0.1, 0.15) is 18.4 Å². The number of nitrogens with zero attached hydrogens (tertiary/aromatic N) is 1. The molecular formula is C21H19ClFN2O2+. The minimum absolute atomic E-state index is 0.0997. The third kappa shape index (κ3) is 3.40. The van der Waals surface area contributed by atoms with Crippen molar-refractivity contribution in [2.24, 2.45) is 0 Å². The molecule has 0 aliphatic carbocycles. The number of halogens is 2. The molecule has 4 nitrogen and oxygen atoms in total.